The van der Waals surface area contributed by atoms with Gasteiger partial charge in [0.25, 0.3) is 0 Å². The van der Waals surface area contributed by atoms with Crippen LogP contribution in [0, 0.1) is 6.92 Å². The lowest BCUT2D eigenvalue weighted by Crippen LogP contribution is -2.37. The number of hydrogen-bond donors (Lipinski definition) is 1. The molecule has 28 heavy (non-hydrogen) atoms. The molecule has 5 heteroatoms. The summed E-state index contributed by atoms with van der Waals surface area (Å²) in [5.74, 6) is 1.51. The van der Waals surface area contributed by atoms with Gasteiger partial charge >= 0.3 is 0 Å². The van der Waals surface area contributed by atoms with Crippen LogP contribution < -0.4 is 14.8 Å². The summed E-state index contributed by atoms with van der Waals surface area (Å²) < 4.78 is 12.6. The van der Waals surface area contributed by atoms with Gasteiger partial charge in [-0.2, -0.15) is 0 Å². The molecule has 0 radical (unpaired) electrons. The molecule has 4 nitrogen and oxygen atoms in total. The van der Waals surface area contributed by atoms with Crippen molar-refractivity contribution in [3.8, 4) is 11.5 Å². The second-order valence-corrected chi connectivity index (χ2v) is 8.23. The molecule has 1 N–H and O–H groups in total. The van der Waals surface area contributed by atoms with Crippen LogP contribution in [0.3, 0.4) is 0 Å². The average Bonchev–Trinajstić information content (AvgIpc) is 3.15. The van der Waals surface area contributed by atoms with Crippen molar-refractivity contribution in [3.63, 3.8) is 0 Å². The van der Waals surface area contributed by atoms with E-state index in [-0.39, 0.29) is 0 Å². The monoisotopic (exact) mass is 446 g/mol. The molecule has 1 saturated heterocycles. The van der Waals surface area contributed by atoms with Crippen molar-refractivity contribution in [1.82, 2.24) is 10.2 Å². The normalized spacial score (nSPS) is 17.1. The van der Waals surface area contributed by atoms with E-state index in [9.17, 15) is 0 Å². The van der Waals surface area contributed by atoms with Gasteiger partial charge in [0, 0.05) is 19.1 Å². The number of likely N-dealkylation sites (N-methyl/N-ethyl adjacent to an activating group) is 1. The fraction of sp³-hybridized carbons (Fsp3) is 0.478. The topological polar surface area (TPSA) is 33.7 Å². The minimum atomic E-state index is 0.522. The average molecular weight is 447 g/mol. The van der Waals surface area contributed by atoms with E-state index in [0.29, 0.717) is 12.6 Å². The highest BCUT2D eigenvalue weighted by Gasteiger charge is 2.22. The van der Waals surface area contributed by atoms with Gasteiger partial charge in [-0.05, 0) is 77.6 Å². The molecule has 1 aliphatic heterocycles. The van der Waals surface area contributed by atoms with Crippen LogP contribution in [0.15, 0.2) is 40.9 Å². The lowest BCUT2D eigenvalue weighted by Gasteiger charge is -2.23. The van der Waals surface area contributed by atoms with Gasteiger partial charge in [0.2, 0.25) is 0 Å². The molecular formula is C23H31BrN2O2. The predicted octanol–water partition coefficient (Wildman–Crippen LogP) is 4.92. The largest absolute Gasteiger partial charge is 0.493 e. The van der Waals surface area contributed by atoms with Gasteiger partial charge in [0.1, 0.15) is 6.61 Å². The fourth-order valence-electron chi connectivity index (χ4n) is 3.86. The van der Waals surface area contributed by atoms with Crippen molar-refractivity contribution in [2.24, 2.45) is 0 Å². The van der Waals surface area contributed by atoms with Gasteiger partial charge in [0.15, 0.2) is 11.5 Å². The second kappa shape index (κ2) is 10.3. The number of aryl methyl sites for hydroxylation is 1. The molecule has 1 heterocycles. The lowest BCUT2D eigenvalue weighted by atomic mass is 10.1. The maximum Gasteiger partial charge on any atom is 0.175 e. The zero-order valence-corrected chi connectivity index (χ0v) is 18.7. The Morgan fingerprint density at radius 2 is 2.07 bits per heavy atom. The SMILES string of the molecule is CCN1CCCC1CNCc1cc(Br)c(OCc2ccccc2C)c(OC)c1. The second-order valence-electron chi connectivity index (χ2n) is 7.38. The highest BCUT2D eigenvalue weighted by Crippen LogP contribution is 2.37. The third-order valence-corrected chi connectivity index (χ3v) is 6.13. The molecule has 0 saturated carbocycles. The highest BCUT2D eigenvalue weighted by atomic mass is 79.9. The number of methoxy groups -OCH3 is 1. The smallest absolute Gasteiger partial charge is 0.175 e. The van der Waals surface area contributed by atoms with E-state index >= 15 is 0 Å². The first-order valence-corrected chi connectivity index (χ1v) is 10.9. The van der Waals surface area contributed by atoms with Crippen molar-refractivity contribution in [2.45, 2.75) is 45.9 Å². The van der Waals surface area contributed by atoms with Crippen LogP contribution in [-0.4, -0.2) is 37.7 Å². The summed E-state index contributed by atoms with van der Waals surface area (Å²) >= 11 is 3.67. The summed E-state index contributed by atoms with van der Waals surface area (Å²) in [6.45, 7) is 9.08. The number of likely N-dealkylation sites (tertiary alicyclic amines) is 1. The van der Waals surface area contributed by atoms with Crippen LogP contribution >= 0.6 is 15.9 Å². The van der Waals surface area contributed by atoms with Gasteiger partial charge in [0.05, 0.1) is 11.6 Å². The van der Waals surface area contributed by atoms with Crippen LogP contribution in [0.1, 0.15) is 36.5 Å². The molecule has 3 rings (SSSR count). The number of rotatable bonds is 9. The van der Waals surface area contributed by atoms with Crippen molar-refractivity contribution in [1.29, 1.82) is 0 Å². The molecule has 0 amide bonds. The van der Waals surface area contributed by atoms with Crippen molar-refractivity contribution >= 4 is 15.9 Å². The number of nitrogens with one attached hydrogen (secondary N) is 1. The fourth-order valence-corrected chi connectivity index (χ4v) is 4.47. The number of hydrogen-bond acceptors (Lipinski definition) is 4. The summed E-state index contributed by atoms with van der Waals surface area (Å²) in [6, 6.07) is 13.1. The van der Waals surface area contributed by atoms with E-state index < -0.39 is 0 Å². The standard InChI is InChI=1S/C23H31BrN2O2/c1-4-26-11-7-10-20(26)15-25-14-18-12-21(24)23(22(13-18)27-3)28-16-19-9-6-5-8-17(19)2/h5-6,8-9,12-13,20,25H,4,7,10-11,14-16H2,1-3H3. The molecule has 1 aliphatic rings. The van der Waals surface area contributed by atoms with E-state index in [1.54, 1.807) is 7.11 Å². The van der Waals surface area contributed by atoms with E-state index in [1.165, 1.54) is 36.1 Å². The van der Waals surface area contributed by atoms with Crippen molar-refractivity contribution in [2.75, 3.05) is 26.7 Å². The summed E-state index contributed by atoms with van der Waals surface area (Å²) in [6.07, 6.45) is 2.60. The van der Waals surface area contributed by atoms with E-state index in [1.807, 2.05) is 12.1 Å². The van der Waals surface area contributed by atoms with Crippen LogP contribution in [0.2, 0.25) is 0 Å². The Morgan fingerprint density at radius 3 is 2.82 bits per heavy atom. The number of benzene rings is 2. The summed E-state index contributed by atoms with van der Waals surface area (Å²) in [7, 11) is 1.69. The van der Waals surface area contributed by atoms with Gasteiger partial charge in [-0.15, -0.1) is 0 Å². The maximum absolute atomic E-state index is 6.10. The lowest BCUT2D eigenvalue weighted by molar-refractivity contribution is 0.259. The quantitative estimate of drug-likeness (QED) is 0.592. The van der Waals surface area contributed by atoms with Gasteiger partial charge in [-0.1, -0.05) is 31.2 Å². The van der Waals surface area contributed by atoms with E-state index in [0.717, 1.165) is 35.6 Å². The molecule has 2 aromatic rings. The van der Waals surface area contributed by atoms with Gasteiger partial charge in [-0.25, -0.2) is 0 Å². The molecular weight excluding hydrogens is 416 g/mol. The first-order chi connectivity index (χ1) is 13.6. The Morgan fingerprint density at radius 1 is 1.25 bits per heavy atom. The molecule has 0 spiro atoms. The van der Waals surface area contributed by atoms with Crippen LogP contribution in [0.4, 0.5) is 0 Å². The zero-order chi connectivity index (χ0) is 19.9. The zero-order valence-electron chi connectivity index (χ0n) is 17.1. The van der Waals surface area contributed by atoms with Crippen molar-refractivity contribution in [3.05, 3.63) is 57.6 Å². The summed E-state index contributed by atoms with van der Waals surface area (Å²) in [4.78, 5) is 2.56. The highest BCUT2D eigenvalue weighted by molar-refractivity contribution is 9.10. The Labute approximate surface area is 177 Å². The first-order valence-electron chi connectivity index (χ1n) is 10.1. The molecule has 2 aromatic carbocycles. The van der Waals surface area contributed by atoms with E-state index in [4.69, 9.17) is 9.47 Å². The molecule has 1 atom stereocenters. The molecule has 0 aliphatic carbocycles. The summed E-state index contributed by atoms with van der Waals surface area (Å²) in [5, 5.41) is 3.61. The number of ether oxygens (including phenoxy) is 2. The molecule has 0 aromatic heterocycles. The van der Waals surface area contributed by atoms with Crippen LogP contribution in [0.25, 0.3) is 0 Å². The number of nitrogens with zero attached hydrogens (tertiary/aromatic N) is 1. The third-order valence-electron chi connectivity index (χ3n) is 5.54. The molecule has 1 unspecified atom stereocenters. The minimum Gasteiger partial charge on any atom is -0.493 e. The summed E-state index contributed by atoms with van der Waals surface area (Å²) in [5.41, 5.74) is 3.60. The molecule has 152 valence electrons. The predicted molar refractivity (Wildman–Crippen MR) is 118 cm³/mol. The van der Waals surface area contributed by atoms with Crippen molar-refractivity contribution < 1.29 is 9.47 Å². The maximum atomic E-state index is 6.10. The Kier molecular flexibility index (Phi) is 7.77. The van der Waals surface area contributed by atoms with Crippen LogP contribution in [0.5, 0.6) is 11.5 Å². The van der Waals surface area contributed by atoms with E-state index in [2.05, 4.69) is 64.3 Å². The Balaban J connectivity index is 1.61. The van der Waals surface area contributed by atoms with Gasteiger partial charge in [-0.3, -0.25) is 4.90 Å². The van der Waals surface area contributed by atoms with Crippen LogP contribution in [-0.2, 0) is 13.2 Å². The third kappa shape index (κ3) is 5.28. The Hall–Kier alpha value is -1.56. The number of halogens is 1. The minimum absolute atomic E-state index is 0.522. The first kappa shape index (κ1) is 21.2. The molecule has 0 bridgehead atoms. The van der Waals surface area contributed by atoms with Gasteiger partial charge < -0.3 is 14.8 Å². The Bertz CT molecular complexity index is 781. The molecule has 1 fully saturated rings.